The minimum absolute atomic E-state index is 0.0573. The summed E-state index contributed by atoms with van der Waals surface area (Å²) in [6.07, 6.45) is 0.681. The van der Waals surface area contributed by atoms with Gasteiger partial charge in [-0.05, 0) is 33.9 Å². The highest BCUT2D eigenvalue weighted by atomic mass is 32.2. The first-order valence-electron chi connectivity index (χ1n) is 6.26. The highest BCUT2D eigenvalue weighted by Gasteiger charge is 2.29. The standard InChI is InChI=1S/C12H21N3O4S/c1-8-10(12(16)17)14-9(2)11(8)20(18,19)15(4)7-5-6-13-3/h13-14H,5-7H2,1-4H3,(H,16,17). The molecule has 3 N–H and O–H groups in total. The third kappa shape index (κ3) is 3.20. The number of nitrogens with zero attached hydrogens (tertiary/aromatic N) is 1. The van der Waals surface area contributed by atoms with Crippen molar-refractivity contribution in [2.45, 2.75) is 25.2 Å². The van der Waals surface area contributed by atoms with Gasteiger partial charge in [0.25, 0.3) is 0 Å². The van der Waals surface area contributed by atoms with Gasteiger partial charge >= 0.3 is 5.97 Å². The van der Waals surface area contributed by atoms with Crippen molar-refractivity contribution < 1.29 is 18.3 Å². The highest BCUT2D eigenvalue weighted by Crippen LogP contribution is 2.25. The summed E-state index contributed by atoms with van der Waals surface area (Å²) in [5.41, 5.74) is 0.514. The normalized spacial score (nSPS) is 12.1. The predicted octanol–water partition coefficient (Wildman–Crippen LogP) is 0.560. The second kappa shape index (κ2) is 6.38. The lowest BCUT2D eigenvalue weighted by Gasteiger charge is -2.17. The van der Waals surface area contributed by atoms with Gasteiger partial charge in [-0.3, -0.25) is 0 Å². The van der Waals surface area contributed by atoms with Crippen molar-refractivity contribution in [3.63, 3.8) is 0 Å². The summed E-state index contributed by atoms with van der Waals surface area (Å²) in [6, 6.07) is 0. The molecule has 0 saturated carbocycles. The molecule has 0 radical (unpaired) electrons. The average molecular weight is 303 g/mol. The van der Waals surface area contributed by atoms with Crippen LogP contribution in [-0.4, -0.2) is 56.0 Å². The summed E-state index contributed by atoms with van der Waals surface area (Å²) in [5.74, 6) is -1.16. The van der Waals surface area contributed by atoms with Gasteiger partial charge in [-0.15, -0.1) is 0 Å². The van der Waals surface area contributed by atoms with Crippen LogP contribution < -0.4 is 5.32 Å². The molecule has 0 aliphatic rings. The van der Waals surface area contributed by atoms with Crippen LogP contribution in [0.3, 0.4) is 0 Å². The number of carbonyl (C=O) groups is 1. The van der Waals surface area contributed by atoms with Crippen molar-refractivity contribution in [2.75, 3.05) is 27.2 Å². The number of aromatic carboxylic acids is 1. The molecule has 0 spiro atoms. The van der Waals surface area contributed by atoms with Crippen LogP contribution in [0.25, 0.3) is 0 Å². The van der Waals surface area contributed by atoms with Crippen LogP contribution in [0.4, 0.5) is 0 Å². The molecular formula is C12H21N3O4S. The fourth-order valence-corrected chi connectivity index (χ4v) is 3.70. The van der Waals surface area contributed by atoms with E-state index in [1.165, 1.54) is 18.3 Å². The smallest absolute Gasteiger partial charge is 0.352 e. The Kier molecular flexibility index (Phi) is 5.32. The number of rotatable bonds is 7. The van der Waals surface area contributed by atoms with Gasteiger partial charge in [-0.1, -0.05) is 0 Å². The van der Waals surface area contributed by atoms with Crippen molar-refractivity contribution in [1.82, 2.24) is 14.6 Å². The van der Waals surface area contributed by atoms with Crippen LogP contribution in [0.5, 0.6) is 0 Å². The SMILES string of the molecule is CNCCCN(C)S(=O)(=O)c1c(C)[nH]c(C(=O)O)c1C. The van der Waals surface area contributed by atoms with Crippen LogP contribution in [0.15, 0.2) is 4.90 Å². The molecule has 0 aliphatic heterocycles. The van der Waals surface area contributed by atoms with Gasteiger partial charge in [0.05, 0.1) is 0 Å². The maximum absolute atomic E-state index is 12.5. The maximum atomic E-state index is 12.5. The molecule has 20 heavy (non-hydrogen) atoms. The van der Waals surface area contributed by atoms with Crippen LogP contribution in [0, 0.1) is 13.8 Å². The van der Waals surface area contributed by atoms with Crippen LogP contribution >= 0.6 is 0 Å². The first kappa shape index (κ1) is 16.7. The Morgan fingerprint density at radius 2 is 2.00 bits per heavy atom. The molecule has 0 unspecified atom stereocenters. The summed E-state index contributed by atoms with van der Waals surface area (Å²) in [7, 11) is -0.385. The zero-order chi connectivity index (χ0) is 15.5. The second-order valence-corrected chi connectivity index (χ2v) is 6.65. The van der Waals surface area contributed by atoms with E-state index in [4.69, 9.17) is 5.11 Å². The molecule has 0 saturated heterocycles. The fraction of sp³-hybridized carbons (Fsp3) is 0.583. The van der Waals surface area contributed by atoms with Gasteiger partial charge in [0, 0.05) is 24.8 Å². The quantitative estimate of drug-likeness (QED) is 0.639. The van der Waals surface area contributed by atoms with Gasteiger partial charge in [0.15, 0.2) is 0 Å². The lowest BCUT2D eigenvalue weighted by molar-refractivity contribution is 0.0690. The van der Waals surface area contributed by atoms with Gasteiger partial charge in [0.2, 0.25) is 10.0 Å². The number of nitrogens with one attached hydrogen (secondary N) is 2. The van der Waals surface area contributed by atoms with Gasteiger partial charge in [-0.25, -0.2) is 17.5 Å². The maximum Gasteiger partial charge on any atom is 0.352 e. The Hall–Kier alpha value is -1.38. The Labute approximate surface area is 119 Å². The molecule has 0 atom stereocenters. The zero-order valence-electron chi connectivity index (χ0n) is 12.1. The molecule has 1 rings (SSSR count). The molecule has 0 fully saturated rings. The number of carboxylic acid groups (broad SMARTS) is 1. The molecular weight excluding hydrogens is 282 g/mol. The number of aromatic nitrogens is 1. The van der Waals surface area contributed by atoms with E-state index in [2.05, 4.69) is 10.3 Å². The van der Waals surface area contributed by atoms with Crippen molar-refractivity contribution in [2.24, 2.45) is 0 Å². The topological polar surface area (TPSA) is 103 Å². The van der Waals surface area contributed by atoms with E-state index in [-0.39, 0.29) is 16.2 Å². The first-order chi connectivity index (χ1) is 9.23. The average Bonchev–Trinajstić information content (AvgIpc) is 2.65. The number of hydrogen-bond acceptors (Lipinski definition) is 4. The van der Waals surface area contributed by atoms with Crippen molar-refractivity contribution in [3.05, 3.63) is 17.0 Å². The van der Waals surface area contributed by atoms with E-state index in [9.17, 15) is 13.2 Å². The summed E-state index contributed by atoms with van der Waals surface area (Å²) in [5, 5.41) is 12.0. The Bertz CT molecular complexity index is 592. The van der Waals surface area contributed by atoms with E-state index >= 15 is 0 Å². The lowest BCUT2D eigenvalue weighted by Crippen LogP contribution is -2.30. The van der Waals surface area contributed by atoms with Crippen molar-refractivity contribution in [3.8, 4) is 0 Å². The summed E-state index contributed by atoms with van der Waals surface area (Å²) < 4.78 is 26.2. The predicted molar refractivity (Wildman–Crippen MR) is 75.6 cm³/mol. The molecule has 0 amide bonds. The van der Waals surface area contributed by atoms with Crippen molar-refractivity contribution >= 4 is 16.0 Å². The van der Waals surface area contributed by atoms with Crippen LogP contribution in [-0.2, 0) is 10.0 Å². The van der Waals surface area contributed by atoms with E-state index < -0.39 is 16.0 Å². The Balaban J connectivity index is 3.13. The molecule has 0 aromatic carbocycles. The number of aromatic amines is 1. The fourth-order valence-electron chi connectivity index (χ4n) is 2.09. The number of H-pyrrole nitrogens is 1. The van der Waals surface area contributed by atoms with Gasteiger partial charge < -0.3 is 15.4 Å². The molecule has 7 nitrogen and oxygen atoms in total. The number of hydrogen-bond donors (Lipinski definition) is 3. The highest BCUT2D eigenvalue weighted by molar-refractivity contribution is 7.89. The molecule has 1 aromatic heterocycles. The van der Waals surface area contributed by atoms with Crippen LogP contribution in [0.1, 0.15) is 28.2 Å². The minimum Gasteiger partial charge on any atom is -0.477 e. The van der Waals surface area contributed by atoms with E-state index in [0.717, 1.165) is 0 Å². The van der Waals surface area contributed by atoms with Gasteiger partial charge in [-0.2, -0.15) is 0 Å². The zero-order valence-corrected chi connectivity index (χ0v) is 13.0. The molecule has 1 aromatic rings. The van der Waals surface area contributed by atoms with Crippen LogP contribution in [0.2, 0.25) is 0 Å². The third-order valence-electron chi connectivity index (χ3n) is 3.15. The molecule has 0 bridgehead atoms. The number of carboxylic acids is 1. The van der Waals surface area contributed by atoms with Gasteiger partial charge in [0.1, 0.15) is 10.6 Å². The summed E-state index contributed by atoms with van der Waals surface area (Å²) in [6.45, 7) is 4.15. The molecule has 0 aliphatic carbocycles. The summed E-state index contributed by atoms with van der Waals surface area (Å²) >= 11 is 0. The van der Waals surface area contributed by atoms with Crippen molar-refractivity contribution in [1.29, 1.82) is 0 Å². The molecule has 1 heterocycles. The third-order valence-corrected chi connectivity index (χ3v) is 5.28. The lowest BCUT2D eigenvalue weighted by atomic mass is 10.2. The van der Waals surface area contributed by atoms with E-state index in [0.29, 0.717) is 25.2 Å². The van der Waals surface area contributed by atoms with E-state index in [1.807, 2.05) is 0 Å². The molecule has 8 heteroatoms. The Morgan fingerprint density at radius 3 is 2.45 bits per heavy atom. The minimum atomic E-state index is -3.68. The number of sulfonamides is 1. The molecule has 114 valence electrons. The monoisotopic (exact) mass is 303 g/mol. The second-order valence-electron chi connectivity index (χ2n) is 4.67. The first-order valence-corrected chi connectivity index (χ1v) is 7.70. The number of aryl methyl sites for hydroxylation is 1. The Morgan fingerprint density at radius 1 is 1.40 bits per heavy atom. The van der Waals surface area contributed by atoms with E-state index in [1.54, 1.807) is 14.0 Å². The summed E-state index contributed by atoms with van der Waals surface area (Å²) in [4.78, 5) is 13.7. The largest absolute Gasteiger partial charge is 0.477 e.